The average molecular weight is 342 g/mol. The van der Waals surface area contributed by atoms with Crippen molar-refractivity contribution in [1.29, 1.82) is 0 Å². The molecule has 3 fully saturated rings. The minimum Gasteiger partial charge on any atom is -0.463 e. The maximum absolute atomic E-state index is 13.0. The molecule has 3 rings (SSSR count). The SMILES string of the molecule is CCC1(CC)O[C@@H]2C[C@@]3(COC(C)=O)OC(C)(C)O[C@H]3C(=O)[C@@H]2O1. The molecule has 0 aromatic heterocycles. The maximum atomic E-state index is 13.0. The van der Waals surface area contributed by atoms with Crippen molar-refractivity contribution >= 4 is 11.8 Å². The normalized spacial score (nSPS) is 39.4. The zero-order valence-corrected chi connectivity index (χ0v) is 14.9. The molecule has 0 N–H and O–H groups in total. The molecule has 7 heteroatoms. The van der Waals surface area contributed by atoms with Crippen LogP contribution in [0.4, 0.5) is 0 Å². The van der Waals surface area contributed by atoms with Crippen molar-refractivity contribution in [3.05, 3.63) is 0 Å². The van der Waals surface area contributed by atoms with Gasteiger partial charge < -0.3 is 23.7 Å². The van der Waals surface area contributed by atoms with E-state index in [-0.39, 0.29) is 12.4 Å². The van der Waals surface area contributed by atoms with Crippen LogP contribution in [0.15, 0.2) is 0 Å². The molecule has 24 heavy (non-hydrogen) atoms. The summed E-state index contributed by atoms with van der Waals surface area (Å²) in [5.41, 5.74) is -1.03. The van der Waals surface area contributed by atoms with Crippen molar-refractivity contribution < 1.29 is 33.3 Å². The van der Waals surface area contributed by atoms with Crippen molar-refractivity contribution in [3.63, 3.8) is 0 Å². The third-order valence-electron chi connectivity index (χ3n) is 5.06. The highest BCUT2D eigenvalue weighted by Crippen LogP contribution is 2.49. The summed E-state index contributed by atoms with van der Waals surface area (Å²) in [5.74, 6) is -2.31. The van der Waals surface area contributed by atoms with Gasteiger partial charge in [-0.1, -0.05) is 13.8 Å². The quantitative estimate of drug-likeness (QED) is 0.720. The van der Waals surface area contributed by atoms with Crippen LogP contribution in [-0.2, 0) is 33.3 Å². The highest BCUT2D eigenvalue weighted by atomic mass is 16.8. The van der Waals surface area contributed by atoms with Gasteiger partial charge in [0, 0.05) is 13.3 Å². The molecule has 1 aliphatic carbocycles. The van der Waals surface area contributed by atoms with Gasteiger partial charge in [-0.3, -0.25) is 9.59 Å². The zero-order chi connectivity index (χ0) is 17.8. The highest BCUT2D eigenvalue weighted by Gasteiger charge is 2.66. The molecule has 0 amide bonds. The summed E-state index contributed by atoms with van der Waals surface area (Å²) in [6.45, 7) is 8.71. The van der Waals surface area contributed by atoms with E-state index in [2.05, 4.69) is 0 Å². The Kier molecular flexibility index (Phi) is 4.27. The minimum atomic E-state index is -1.03. The topological polar surface area (TPSA) is 80.3 Å². The average Bonchev–Trinajstić information content (AvgIpc) is 3.01. The van der Waals surface area contributed by atoms with Crippen molar-refractivity contribution in [2.75, 3.05) is 6.61 Å². The van der Waals surface area contributed by atoms with Crippen LogP contribution in [0.2, 0.25) is 0 Å². The number of carbonyl (C=O) groups excluding carboxylic acids is 2. The van der Waals surface area contributed by atoms with Crippen molar-refractivity contribution in [2.45, 2.75) is 89.4 Å². The van der Waals surface area contributed by atoms with Crippen LogP contribution in [0, 0.1) is 0 Å². The largest absolute Gasteiger partial charge is 0.463 e. The molecule has 0 aromatic carbocycles. The van der Waals surface area contributed by atoms with E-state index in [0.29, 0.717) is 19.3 Å². The first-order chi connectivity index (χ1) is 11.2. The lowest BCUT2D eigenvalue weighted by atomic mass is 9.78. The second-order valence-electron chi connectivity index (χ2n) is 7.26. The number of esters is 1. The Balaban J connectivity index is 1.90. The van der Waals surface area contributed by atoms with Crippen molar-refractivity contribution in [1.82, 2.24) is 0 Å². The monoisotopic (exact) mass is 342 g/mol. The van der Waals surface area contributed by atoms with E-state index in [1.165, 1.54) is 6.92 Å². The van der Waals surface area contributed by atoms with Crippen LogP contribution >= 0.6 is 0 Å². The number of carbonyl (C=O) groups is 2. The molecule has 1 saturated carbocycles. The van der Waals surface area contributed by atoms with Gasteiger partial charge in [-0.25, -0.2) is 0 Å². The van der Waals surface area contributed by atoms with E-state index in [0.717, 1.165) is 0 Å². The third kappa shape index (κ3) is 2.77. The summed E-state index contributed by atoms with van der Waals surface area (Å²) in [6, 6.07) is 0. The van der Waals surface area contributed by atoms with Gasteiger partial charge in [0.15, 0.2) is 23.5 Å². The first-order valence-electron chi connectivity index (χ1n) is 8.56. The number of ether oxygens (including phenoxy) is 5. The molecule has 136 valence electrons. The van der Waals surface area contributed by atoms with Gasteiger partial charge in [-0.15, -0.1) is 0 Å². The molecule has 2 heterocycles. The van der Waals surface area contributed by atoms with Gasteiger partial charge in [-0.05, 0) is 26.7 Å². The summed E-state index contributed by atoms with van der Waals surface area (Å²) in [5, 5.41) is 0. The lowest BCUT2D eigenvalue weighted by molar-refractivity contribution is -0.197. The van der Waals surface area contributed by atoms with Gasteiger partial charge >= 0.3 is 5.97 Å². The van der Waals surface area contributed by atoms with Gasteiger partial charge in [-0.2, -0.15) is 0 Å². The van der Waals surface area contributed by atoms with Gasteiger partial charge in [0.1, 0.15) is 18.3 Å². The van der Waals surface area contributed by atoms with E-state index < -0.39 is 41.5 Å². The van der Waals surface area contributed by atoms with Crippen LogP contribution < -0.4 is 0 Å². The first-order valence-corrected chi connectivity index (χ1v) is 8.56. The van der Waals surface area contributed by atoms with E-state index >= 15 is 0 Å². The molecular weight excluding hydrogens is 316 g/mol. The predicted octanol–water partition coefficient (Wildman–Crippen LogP) is 1.71. The van der Waals surface area contributed by atoms with Gasteiger partial charge in [0.25, 0.3) is 0 Å². The van der Waals surface area contributed by atoms with Crippen molar-refractivity contribution in [3.8, 4) is 0 Å². The highest BCUT2D eigenvalue weighted by molar-refractivity contribution is 5.91. The Hall–Kier alpha value is -1.02. The first kappa shape index (κ1) is 17.8. The molecule has 3 aliphatic rings. The number of fused-ring (bicyclic) bond motifs is 2. The fourth-order valence-electron chi connectivity index (χ4n) is 3.95. The Morgan fingerprint density at radius 1 is 1.21 bits per heavy atom. The van der Waals surface area contributed by atoms with E-state index in [4.69, 9.17) is 23.7 Å². The molecule has 0 spiro atoms. The molecule has 0 unspecified atom stereocenters. The zero-order valence-electron chi connectivity index (χ0n) is 14.9. The predicted molar refractivity (Wildman–Crippen MR) is 82.1 cm³/mol. The Morgan fingerprint density at radius 2 is 1.88 bits per heavy atom. The van der Waals surface area contributed by atoms with Crippen LogP contribution in [0.5, 0.6) is 0 Å². The van der Waals surface area contributed by atoms with Crippen LogP contribution in [0.25, 0.3) is 0 Å². The summed E-state index contributed by atoms with van der Waals surface area (Å²) in [4.78, 5) is 24.3. The third-order valence-corrected chi connectivity index (χ3v) is 5.06. The Bertz CT molecular complexity index is 539. The summed E-state index contributed by atoms with van der Waals surface area (Å²) >= 11 is 0. The number of Topliss-reactive ketones (excluding diaryl/α,β-unsaturated/α-hetero) is 1. The molecule has 4 atom stereocenters. The molecule has 2 saturated heterocycles. The summed E-state index contributed by atoms with van der Waals surface area (Å²) in [6.07, 6.45) is -0.246. The van der Waals surface area contributed by atoms with Crippen LogP contribution in [0.3, 0.4) is 0 Å². The van der Waals surface area contributed by atoms with Crippen LogP contribution in [-0.4, -0.2) is 53.8 Å². The number of rotatable bonds is 4. The van der Waals surface area contributed by atoms with E-state index in [9.17, 15) is 9.59 Å². The van der Waals surface area contributed by atoms with Gasteiger partial charge in [0.05, 0.1) is 6.10 Å². The smallest absolute Gasteiger partial charge is 0.302 e. The Labute approximate surface area is 141 Å². The Morgan fingerprint density at radius 3 is 2.46 bits per heavy atom. The molecule has 2 aliphatic heterocycles. The van der Waals surface area contributed by atoms with Crippen LogP contribution in [0.1, 0.15) is 53.9 Å². The standard InChI is InChI=1S/C17H26O7/c1-6-17(7-2)21-11-8-16(9-20-10(3)18)14(12(19)13(11)22-17)23-15(4,5)24-16/h11,13-14H,6-9H2,1-5H3/t11-,13-,14+,16+/m1/s1. The number of hydrogen-bond acceptors (Lipinski definition) is 7. The second-order valence-corrected chi connectivity index (χ2v) is 7.26. The van der Waals surface area contributed by atoms with E-state index in [1.807, 2.05) is 13.8 Å². The maximum Gasteiger partial charge on any atom is 0.302 e. The summed E-state index contributed by atoms with van der Waals surface area (Å²) < 4.78 is 29.2. The number of ketones is 1. The van der Waals surface area contributed by atoms with Crippen molar-refractivity contribution in [2.24, 2.45) is 0 Å². The fourth-order valence-corrected chi connectivity index (χ4v) is 3.95. The number of hydrogen-bond donors (Lipinski definition) is 0. The molecule has 0 radical (unpaired) electrons. The lowest BCUT2D eigenvalue weighted by Gasteiger charge is -2.38. The fraction of sp³-hybridized carbons (Fsp3) is 0.882. The minimum absolute atomic E-state index is 0.0417. The second kappa shape index (κ2) is 5.76. The van der Waals surface area contributed by atoms with E-state index in [1.54, 1.807) is 13.8 Å². The molecular formula is C17H26O7. The molecule has 7 nitrogen and oxygen atoms in total. The lowest BCUT2D eigenvalue weighted by Crippen LogP contribution is -2.60. The van der Waals surface area contributed by atoms with Gasteiger partial charge in [0.2, 0.25) is 0 Å². The molecule has 0 aromatic rings. The molecule has 0 bridgehead atoms. The summed E-state index contributed by atoms with van der Waals surface area (Å²) in [7, 11) is 0.